The van der Waals surface area contributed by atoms with Gasteiger partial charge < -0.3 is 20.3 Å². The third kappa shape index (κ3) is 6.89. The number of fused-ring (bicyclic) bond motifs is 1. The van der Waals surface area contributed by atoms with Crippen LogP contribution in [-0.4, -0.2) is 50.9 Å². The molecule has 3 unspecified atom stereocenters. The highest BCUT2D eigenvalue weighted by Gasteiger charge is 2.30. The Balaban J connectivity index is 0.00000187. The Morgan fingerprint density at radius 1 is 1.21 bits per heavy atom. The summed E-state index contributed by atoms with van der Waals surface area (Å²) < 4.78 is 32.5. The number of carbonyl (C=O) groups is 1. The first-order valence-electron chi connectivity index (χ1n) is 11.0. The van der Waals surface area contributed by atoms with E-state index in [2.05, 4.69) is 10.3 Å². The van der Waals surface area contributed by atoms with E-state index in [1.54, 1.807) is 6.07 Å². The highest BCUT2D eigenvalue weighted by Crippen LogP contribution is 2.23. The van der Waals surface area contributed by atoms with E-state index in [0.717, 1.165) is 37.4 Å². The number of halogens is 2. The lowest BCUT2D eigenvalue weighted by Crippen LogP contribution is -2.39. The Kier molecular flexibility index (Phi) is 10.1. The van der Waals surface area contributed by atoms with Crippen LogP contribution in [0.3, 0.4) is 0 Å². The van der Waals surface area contributed by atoms with Gasteiger partial charge in [0.15, 0.2) is 6.23 Å². The van der Waals surface area contributed by atoms with Crippen molar-refractivity contribution in [3.05, 3.63) is 57.6 Å². The number of aryl methyl sites for hydroxylation is 2. The normalized spacial score (nSPS) is 15.6. The van der Waals surface area contributed by atoms with Crippen LogP contribution in [0.15, 0.2) is 35.3 Å². The average Bonchev–Trinajstić information content (AvgIpc) is 2.81. The van der Waals surface area contributed by atoms with Gasteiger partial charge in [-0.1, -0.05) is 19.9 Å². The topological polar surface area (TPSA) is 114 Å². The fourth-order valence-electron chi connectivity index (χ4n) is 3.47. The molecule has 0 fully saturated rings. The van der Waals surface area contributed by atoms with Crippen molar-refractivity contribution < 1.29 is 28.5 Å². The van der Waals surface area contributed by atoms with E-state index < -0.39 is 43.1 Å². The van der Waals surface area contributed by atoms with Crippen molar-refractivity contribution in [1.82, 2.24) is 9.55 Å². The zero-order valence-corrected chi connectivity index (χ0v) is 19.0. The maximum atomic E-state index is 13.4. The maximum Gasteiger partial charge on any atom is 0.351 e. The SMILES string of the molecule is CC.CC(O)C(CO)OC(C(F)F)n1ccc(NC(=O)c2ccc3c(c2)CCCC3)nc1=O. The zero-order valence-electron chi connectivity index (χ0n) is 19.0. The van der Waals surface area contributed by atoms with E-state index in [-0.39, 0.29) is 5.82 Å². The van der Waals surface area contributed by atoms with Gasteiger partial charge >= 0.3 is 5.69 Å². The largest absolute Gasteiger partial charge is 0.394 e. The van der Waals surface area contributed by atoms with Crippen molar-refractivity contribution in [2.75, 3.05) is 11.9 Å². The molecule has 0 aliphatic heterocycles. The van der Waals surface area contributed by atoms with Gasteiger partial charge in [0, 0.05) is 11.8 Å². The van der Waals surface area contributed by atoms with Crippen molar-refractivity contribution >= 4 is 11.7 Å². The second-order valence-electron chi connectivity index (χ2n) is 7.47. The van der Waals surface area contributed by atoms with Crippen LogP contribution >= 0.6 is 0 Å². The Bertz CT molecular complexity index is 981. The number of aliphatic hydroxyl groups excluding tert-OH is 2. The number of aliphatic hydroxyl groups is 2. The molecular formula is C23H31F2N3O5. The monoisotopic (exact) mass is 467 g/mol. The molecule has 1 heterocycles. The number of hydrogen-bond donors (Lipinski definition) is 3. The molecule has 0 saturated heterocycles. The van der Waals surface area contributed by atoms with Crippen LogP contribution in [0, 0.1) is 0 Å². The van der Waals surface area contributed by atoms with Gasteiger partial charge in [-0.25, -0.2) is 13.6 Å². The molecule has 33 heavy (non-hydrogen) atoms. The molecule has 0 radical (unpaired) electrons. The minimum atomic E-state index is -3.12. The summed E-state index contributed by atoms with van der Waals surface area (Å²) in [5.41, 5.74) is 1.69. The summed E-state index contributed by atoms with van der Waals surface area (Å²) >= 11 is 0. The molecule has 0 bridgehead atoms. The second-order valence-corrected chi connectivity index (χ2v) is 7.47. The third-order valence-electron chi connectivity index (χ3n) is 5.20. The molecule has 182 valence electrons. The van der Waals surface area contributed by atoms with Gasteiger partial charge in [0.25, 0.3) is 12.3 Å². The first-order chi connectivity index (χ1) is 15.8. The zero-order chi connectivity index (χ0) is 24.5. The van der Waals surface area contributed by atoms with Gasteiger partial charge in [0.05, 0.1) is 12.7 Å². The molecule has 3 N–H and O–H groups in total. The predicted molar refractivity (Wildman–Crippen MR) is 120 cm³/mol. The molecule has 1 aromatic heterocycles. The highest BCUT2D eigenvalue weighted by atomic mass is 19.3. The van der Waals surface area contributed by atoms with Crippen LogP contribution in [0.2, 0.25) is 0 Å². The van der Waals surface area contributed by atoms with E-state index in [1.807, 2.05) is 26.0 Å². The van der Waals surface area contributed by atoms with Gasteiger partial charge in [0.1, 0.15) is 11.9 Å². The van der Waals surface area contributed by atoms with Crippen LogP contribution in [0.5, 0.6) is 0 Å². The van der Waals surface area contributed by atoms with Crippen LogP contribution in [0.4, 0.5) is 14.6 Å². The number of benzene rings is 1. The van der Waals surface area contributed by atoms with Crippen LogP contribution in [0.1, 0.15) is 61.3 Å². The number of alkyl halides is 2. The first-order valence-corrected chi connectivity index (χ1v) is 11.0. The molecule has 0 saturated carbocycles. The summed E-state index contributed by atoms with van der Waals surface area (Å²) in [5.74, 6) is -0.555. The van der Waals surface area contributed by atoms with Crippen LogP contribution in [-0.2, 0) is 17.6 Å². The summed E-state index contributed by atoms with van der Waals surface area (Å²) in [4.78, 5) is 28.5. The molecular weight excluding hydrogens is 436 g/mol. The van der Waals surface area contributed by atoms with Crippen LogP contribution < -0.4 is 11.0 Å². The molecule has 10 heteroatoms. The number of rotatable bonds is 8. The minimum Gasteiger partial charge on any atom is -0.394 e. The number of anilines is 1. The Morgan fingerprint density at radius 3 is 2.45 bits per heavy atom. The molecule has 1 amide bonds. The molecule has 2 aromatic rings. The fourth-order valence-corrected chi connectivity index (χ4v) is 3.47. The van der Waals surface area contributed by atoms with E-state index in [1.165, 1.54) is 18.6 Å². The smallest absolute Gasteiger partial charge is 0.351 e. The fraction of sp³-hybridized carbons (Fsp3) is 0.522. The van der Waals surface area contributed by atoms with Gasteiger partial charge in [0.2, 0.25) is 0 Å². The molecule has 3 atom stereocenters. The second kappa shape index (κ2) is 12.5. The number of aromatic nitrogens is 2. The van der Waals surface area contributed by atoms with Gasteiger partial charge in [-0.3, -0.25) is 9.36 Å². The van der Waals surface area contributed by atoms with Crippen molar-refractivity contribution in [2.24, 2.45) is 0 Å². The number of hydrogen-bond acceptors (Lipinski definition) is 6. The number of amides is 1. The van der Waals surface area contributed by atoms with Crippen molar-refractivity contribution in [3.8, 4) is 0 Å². The Labute approximate surface area is 191 Å². The van der Waals surface area contributed by atoms with E-state index in [4.69, 9.17) is 4.74 Å². The summed E-state index contributed by atoms with van der Waals surface area (Å²) in [6.07, 6.45) is -2.63. The summed E-state index contributed by atoms with van der Waals surface area (Å²) in [6, 6.07) is 6.63. The molecule has 1 aliphatic rings. The number of ether oxygens (including phenoxy) is 1. The molecule has 3 rings (SSSR count). The lowest BCUT2D eigenvalue weighted by atomic mass is 9.90. The number of carbonyl (C=O) groups excluding carboxylic acids is 1. The molecule has 8 nitrogen and oxygen atoms in total. The third-order valence-corrected chi connectivity index (χ3v) is 5.20. The minimum absolute atomic E-state index is 0.0915. The molecule has 0 spiro atoms. The maximum absolute atomic E-state index is 13.4. The van der Waals surface area contributed by atoms with E-state index in [0.29, 0.717) is 10.1 Å². The van der Waals surface area contributed by atoms with Gasteiger partial charge in [-0.2, -0.15) is 4.98 Å². The lowest BCUT2D eigenvalue weighted by Gasteiger charge is -2.26. The summed E-state index contributed by atoms with van der Waals surface area (Å²) in [7, 11) is 0. The number of nitrogens with one attached hydrogen (secondary N) is 1. The summed E-state index contributed by atoms with van der Waals surface area (Å²) in [6.45, 7) is 4.56. The molecule has 1 aliphatic carbocycles. The quantitative estimate of drug-likeness (QED) is 0.550. The Morgan fingerprint density at radius 2 is 1.88 bits per heavy atom. The van der Waals surface area contributed by atoms with E-state index >= 15 is 0 Å². The van der Waals surface area contributed by atoms with Gasteiger partial charge in [-0.05, 0) is 61.9 Å². The average molecular weight is 468 g/mol. The predicted octanol–water partition coefficient (Wildman–Crippen LogP) is 2.92. The lowest BCUT2D eigenvalue weighted by molar-refractivity contribution is -0.168. The summed E-state index contributed by atoms with van der Waals surface area (Å²) in [5, 5.41) is 21.2. The van der Waals surface area contributed by atoms with Crippen molar-refractivity contribution in [2.45, 2.75) is 71.3 Å². The van der Waals surface area contributed by atoms with Gasteiger partial charge in [-0.15, -0.1) is 0 Å². The molecule has 1 aromatic carbocycles. The highest BCUT2D eigenvalue weighted by molar-refractivity contribution is 6.03. The van der Waals surface area contributed by atoms with Crippen LogP contribution in [0.25, 0.3) is 0 Å². The Hall–Kier alpha value is -2.69. The van der Waals surface area contributed by atoms with E-state index in [9.17, 15) is 28.6 Å². The standard InChI is InChI=1S/C21H25F2N3O5.C2H6/c1-12(28)16(11-27)31-20(18(22)23)26-9-8-17(25-21(26)30)24-19(29)15-7-6-13-4-2-3-5-14(13)10-15;1-2/h6-10,12,16,18,20,27-28H,2-5,11H2,1H3,(H,24,25,29,30);1-2H3. The van der Waals surface area contributed by atoms with Crippen molar-refractivity contribution in [3.63, 3.8) is 0 Å². The first kappa shape index (κ1) is 26.6. The van der Waals surface area contributed by atoms with Crippen molar-refractivity contribution in [1.29, 1.82) is 0 Å². The number of nitrogens with zero attached hydrogens (tertiary/aromatic N) is 2.